The Morgan fingerprint density at radius 3 is 1.95 bits per heavy atom. The predicted molar refractivity (Wildman–Crippen MR) is 76.5 cm³/mol. The van der Waals surface area contributed by atoms with Crippen molar-refractivity contribution >= 4 is 0 Å². The van der Waals surface area contributed by atoms with Crippen LogP contribution in [0.1, 0.15) is 56.6 Å². The molecule has 0 nitrogen and oxygen atoms in total. The first kappa shape index (κ1) is 18.5. The van der Waals surface area contributed by atoms with Gasteiger partial charge in [0.1, 0.15) is 0 Å². The summed E-state index contributed by atoms with van der Waals surface area (Å²) in [6.07, 6.45) is -0.517. The van der Waals surface area contributed by atoms with Gasteiger partial charge in [0.2, 0.25) is 0 Å². The highest BCUT2D eigenvalue weighted by molar-refractivity contribution is 5.28. The van der Waals surface area contributed by atoms with Crippen LogP contribution in [0.5, 0.6) is 0 Å². The third-order valence-corrected chi connectivity index (χ3v) is 3.23. The zero-order chi connectivity index (χ0) is 16.6. The summed E-state index contributed by atoms with van der Waals surface area (Å²) in [5.41, 5.74) is -1.38. The molecule has 0 unspecified atom stereocenters. The van der Waals surface area contributed by atoms with E-state index in [2.05, 4.69) is 18.8 Å². The normalized spacial score (nSPS) is 11.9. The molecule has 0 saturated carbocycles. The second kappa shape index (κ2) is 8.17. The molecule has 1 aromatic carbocycles. The molecular weight excluding hydrogens is 299 g/mol. The van der Waals surface area contributed by atoms with Crippen molar-refractivity contribution < 1.29 is 22.0 Å². The smallest absolute Gasteiger partial charge is 0.200 e. The third-order valence-electron chi connectivity index (χ3n) is 3.23. The first-order valence-corrected chi connectivity index (χ1v) is 7.28. The zero-order valence-electron chi connectivity index (χ0n) is 12.4. The van der Waals surface area contributed by atoms with Crippen molar-refractivity contribution in [3.8, 4) is 11.8 Å². The van der Waals surface area contributed by atoms with Crippen molar-refractivity contribution in [2.45, 2.75) is 57.5 Å². The quantitative estimate of drug-likeness (QED) is 0.335. The molecule has 1 aromatic rings. The minimum Gasteiger partial charge on any atom is -0.200 e. The Kier molecular flexibility index (Phi) is 6.86. The molecule has 0 aromatic heterocycles. The summed E-state index contributed by atoms with van der Waals surface area (Å²) in [5.74, 6) is 1.88. The van der Waals surface area contributed by atoms with E-state index < -0.39 is 29.6 Å². The minimum absolute atomic E-state index is 0.444. The molecule has 0 amide bonds. The standard InChI is InChI=1S/C17H19F5/c1-2-3-4-5-6-7-8-13-16(18,19)14-9-11-15(12-10-14)17(20,21)22/h9-12H,2-6,13H2,1H3. The van der Waals surface area contributed by atoms with Crippen molar-refractivity contribution in [1.82, 2.24) is 0 Å². The average molecular weight is 318 g/mol. The van der Waals surface area contributed by atoms with Crippen LogP contribution in [0.15, 0.2) is 24.3 Å². The summed E-state index contributed by atoms with van der Waals surface area (Å²) in [6.45, 7) is 2.08. The van der Waals surface area contributed by atoms with Crippen molar-refractivity contribution in [2.24, 2.45) is 0 Å². The topological polar surface area (TPSA) is 0 Å². The maximum atomic E-state index is 13.8. The van der Waals surface area contributed by atoms with E-state index in [1.165, 1.54) is 0 Å². The lowest BCUT2D eigenvalue weighted by Gasteiger charge is -2.14. The van der Waals surface area contributed by atoms with Gasteiger partial charge in [-0.25, -0.2) is 8.78 Å². The summed E-state index contributed by atoms with van der Waals surface area (Å²) in [4.78, 5) is 0. The fourth-order valence-corrected chi connectivity index (χ4v) is 1.91. The highest BCUT2D eigenvalue weighted by Crippen LogP contribution is 2.34. The molecular formula is C17H19F5. The van der Waals surface area contributed by atoms with Gasteiger partial charge in [-0.05, 0) is 18.6 Å². The Morgan fingerprint density at radius 2 is 1.41 bits per heavy atom. The summed E-state index contributed by atoms with van der Waals surface area (Å²) in [7, 11) is 0. The Bertz CT molecular complexity index is 503. The summed E-state index contributed by atoms with van der Waals surface area (Å²) < 4.78 is 64.8. The van der Waals surface area contributed by atoms with Gasteiger partial charge in [0.15, 0.2) is 0 Å². The SMILES string of the molecule is CCCCCCC#CCC(F)(F)c1ccc(C(F)(F)F)cc1. The molecule has 0 fully saturated rings. The van der Waals surface area contributed by atoms with E-state index in [4.69, 9.17) is 0 Å². The number of rotatable bonds is 6. The van der Waals surface area contributed by atoms with E-state index in [0.717, 1.165) is 37.8 Å². The molecule has 122 valence electrons. The van der Waals surface area contributed by atoms with E-state index in [0.29, 0.717) is 18.6 Å². The van der Waals surface area contributed by atoms with Gasteiger partial charge in [0, 0.05) is 12.0 Å². The maximum Gasteiger partial charge on any atom is 0.416 e. The number of hydrogen-bond donors (Lipinski definition) is 0. The monoisotopic (exact) mass is 318 g/mol. The number of alkyl halides is 5. The largest absolute Gasteiger partial charge is 0.416 e. The van der Waals surface area contributed by atoms with Crippen LogP contribution in [0.2, 0.25) is 0 Å². The first-order valence-electron chi connectivity index (χ1n) is 7.28. The van der Waals surface area contributed by atoms with Gasteiger partial charge in [-0.15, -0.1) is 5.92 Å². The summed E-state index contributed by atoms with van der Waals surface area (Å²) in [6, 6.07) is 2.96. The molecule has 0 radical (unpaired) electrons. The molecule has 1 rings (SSSR count). The minimum atomic E-state index is -4.52. The highest BCUT2D eigenvalue weighted by Gasteiger charge is 2.33. The summed E-state index contributed by atoms with van der Waals surface area (Å²) >= 11 is 0. The van der Waals surface area contributed by atoms with E-state index in [-0.39, 0.29) is 0 Å². The molecule has 0 N–H and O–H groups in total. The maximum absolute atomic E-state index is 13.8. The van der Waals surface area contributed by atoms with Gasteiger partial charge in [-0.3, -0.25) is 0 Å². The number of halogens is 5. The molecule has 22 heavy (non-hydrogen) atoms. The Hall–Kier alpha value is -1.57. The molecule has 0 atom stereocenters. The van der Waals surface area contributed by atoms with Crippen molar-refractivity contribution in [2.75, 3.05) is 0 Å². The second-order valence-electron chi connectivity index (χ2n) is 5.12. The Morgan fingerprint density at radius 1 is 0.818 bits per heavy atom. The molecule has 0 heterocycles. The third kappa shape index (κ3) is 6.05. The Labute approximate surface area is 127 Å². The van der Waals surface area contributed by atoms with Crippen LogP contribution in [0, 0.1) is 11.8 Å². The lowest BCUT2D eigenvalue weighted by molar-refractivity contribution is -0.137. The molecule has 0 bridgehead atoms. The lowest BCUT2D eigenvalue weighted by Crippen LogP contribution is -2.13. The van der Waals surface area contributed by atoms with E-state index in [9.17, 15) is 22.0 Å². The van der Waals surface area contributed by atoms with E-state index >= 15 is 0 Å². The first-order chi connectivity index (χ1) is 10.3. The fraction of sp³-hybridized carbons (Fsp3) is 0.529. The fourth-order valence-electron chi connectivity index (χ4n) is 1.91. The summed E-state index contributed by atoms with van der Waals surface area (Å²) in [5, 5.41) is 0. The van der Waals surface area contributed by atoms with Gasteiger partial charge in [0.05, 0.1) is 12.0 Å². The second-order valence-corrected chi connectivity index (χ2v) is 5.12. The van der Waals surface area contributed by atoms with Gasteiger partial charge in [0.25, 0.3) is 5.92 Å². The molecule has 0 aliphatic carbocycles. The van der Waals surface area contributed by atoms with E-state index in [1.807, 2.05) is 0 Å². The van der Waals surface area contributed by atoms with Crippen LogP contribution >= 0.6 is 0 Å². The molecule has 5 heteroatoms. The number of hydrogen-bond acceptors (Lipinski definition) is 0. The number of benzene rings is 1. The van der Waals surface area contributed by atoms with E-state index in [1.54, 1.807) is 0 Å². The Balaban J connectivity index is 2.57. The zero-order valence-corrected chi connectivity index (χ0v) is 12.4. The van der Waals surface area contributed by atoms with Crippen LogP contribution < -0.4 is 0 Å². The van der Waals surface area contributed by atoms with Gasteiger partial charge < -0.3 is 0 Å². The average Bonchev–Trinajstić information content (AvgIpc) is 2.45. The lowest BCUT2D eigenvalue weighted by atomic mass is 10.0. The number of unbranched alkanes of at least 4 members (excludes halogenated alkanes) is 4. The van der Waals surface area contributed by atoms with Gasteiger partial charge >= 0.3 is 6.18 Å². The van der Waals surface area contributed by atoms with Crippen LogP contribution in [-0.2, 0) is 12.1 Å². The predicted octanol–water partition coefficient (Wildman–Crippen LogP) is 6.16. The van der Waals surface area contributed by atoms with Crippen LogP contribution in [0.3, 0.4) is 0 Å². The van der Waals surface area contributed by atoms with Crippen molar-refractivity contribution in [3.63, 3.8) is 0 Å². The van der Waals surface area contributed by atoms with Gasteiger partial charge in [-0.2, -0.15) is 13.2 Å². The highest BCUT2D eigenvalue weighted by atomic mass is 19.4. The van der Waals surface area contributed by atoms with Crippen LogP contribution in [-0.4, -0.2) is 0 Å². The molecule has 0 spiro atoms. The van der Waals surface area contributed by atoms with Crippen LogP contribution in [0.25, 0.3) is 0 Å². The molecule has 0 saturated heterocycles. The van der Waals surface area contributed by atoms with Crippen molar-refractivity contribution in [1.29, 1.82) is 0 Å². The van der Waals surface area contributed by atoms with Crippen molar-refractivity contribution in [3.05, 3.63) is 35.4 Å². The molecule has 0 aliphatic rings. The van der Waals surface area contributed by atoms with Crippen LogP contribution in [0.4, 0.5) is 22.0 Å². The van der Waals surface area contributed by atoms with Gasteiger partial charge in [-0.1, -0.05) is 44.2 Å². The molecule has 0 aliphatic heterocycles.